The van der Waals surface area contributed by atoms with Gasteiger partial charge in [-0.25, -0.2) is 14.2 Å². The Morgan fingerprint density at radius 2 is 2.10 bits per heavy atom. The molecule has 0 radical (unpaired) electrons. The van der Waals surface area contributed by atoms with Crippen molar-refractivity contribution in [3.8, 4) is 5.88 Å². The van der Waals surface area contributed by atoms with Crippen LogP contribution in [-0.4, -0.2) is 59.3 Å². The molecule has 0 bridgehead atoms. The number of carbonyl (C=O) groups excluding carboxylic acids is 1. The monoisotopic (exact) mass is 430 g/mol. The second-order valence-corrected chi connectivity index (χ2v) is 9.57. The minimum Gasteiger partial charge on any atom is -0.481 e. The molecule has 4 rings (SSSR count). The summed E-state index contributed by atoms with van der Waals surface area (Å²) in [6.45, 7) is 8.21. The molecule has 2 fully saturated rings. The SMILES string of the molecule is COc1ccc2ncc(F)c(CCN3CC4CCC(NC(=O)OC(C)(C)C)C4C3)c2n1. The summed E-state index contributed by atoms with van der Waals surface area (Å²) in [5, 5.41) is 3.07. The second-order valence-electron chi connectivity index (χ2n) is 9.57. The lowest BCUT2D eigenvalue weighted by Crippen LogP contribution is -2.42. The van der Waals surface area contributed by atoms with Crippen LogP contribution >= 0.6 is 0 Å². The molecule has 1 aliphatic carbocycles. The Morgan fingerprint density at radius 1 is 1.29 bits per heavy atom. The highest BCUT2D eigenvalue weighted by atomic mass is 19.1. The van der Waals surface area contributed by atoms with E-state index in [2.05, 4.69) is 20.2 Å². The molecule has 2 aromatic heterocycles. The van der Waals surface area contributed by atoms with E-state index in [1.807, 2.05) is 20.8 Å². The van der Waals surface area contributed by atoms with E-state index in [4.69, 9.17) is 9.47 Å². The zero-order chi connectivity index (χ0) is 22.2. The normalized spacial score (nSPS) is 23.7. The maximum Gasteiger partial charge on any atom is 0.407 e. The molecule has 8 heteroatoms. The van der Waals surface area contributed by atoms with E-state index >= 15 is 0 Å². The van der Waals surface area contributed by atoms with Gasteiger partial charge in [0.25, 0.3) is 0 Å². The molecule has 2 aliphatic rings. The number of methoxy groups -OCH3 is 1. The largest absolute Gasteiger partial charge is 0.481 e. The highest BCUT2D eigenvalue weighted by Gasteiger charge is 2.43. The van der Waals surface area contributed by atoms with Gasteiger partial charge in [-0.3, -0.25) is 4.98 Å². The second kappa shape index (κ2) is 8.57. The third-order valence-electron chi connectivity index (χ3n) is 6.26. The van der Waals surface area contributed by atoms with Gasteiger partial charge in [-0.2, -0.15) is 0 Å². The van der Waals surface area contributed by atoms with Gasteiger partial charge in [-0.05, 0) is 57.9 Å². The Labute approximate surface area is 182 Å². The van der Waals surface area contributed by atoms with Crippen molar-refractivity contribution in [1.29, 1.82) is 0 Å². The van der Waals surface area contributed by atoms with Crippen LogP contribution in [0.3, 0.4) is 0 Å². The first-order chi connectivity index (χ1) is 14.7. The van der Waals surface area contributed by atoms with Gasteiger partial charge in [0.2, 0.25) is 5.88 Å². The van der Waals surface area contributed by atoms with Gasteiger partial charge in [0, 0.05) is 37.3 Å². The third-order valence-corrected chi connectivity index (χ3v) is 6.26. The van der Waals surface area contributed by atoms with Crippen molar-refractivity contribution in [2.45, 2.75) is 51.7 Å². The zero-order valence-electron chi connectivity index (χ0n) is 18.7. The van der Waals surface area contributed by atoms with E-state index in [-0.39, 0.29) is 18.0 Å². The minimum atomic E-state index is -0.502. The molecular weight excluding hydrogens is 399 g/mol. The molecule has 1 N–H and O–H groups in total. The van der Waals surface area contributed by atoms with Crippen molar-refractivity contribution in [2.75, 3.05) is 26.7 Å². The fourth-order valence-electron chi connectivity index (χ4n) is 4.88. The van der Waals surface area contributed by atoms with Crippen LogP contribution < -0.4 is 10.1 Å². The first-order valence-electron chi connectivity index (χ1n) is 10.9. The maximum atomic E-state index is 14.6. The van der Waals surface area contributed by atoms with Gasteiger partial charge in [0.1, 0.15) is 11.4 Å². The van der Waals surface area contributed by atoms with Gasteiger partial charge in [-0.1, -0.05) is 0 Å². The number of alkyl carbamates (subject to hydrolysis) is 1. The number of pyridine rings is 2. The lowest BCUT2D eigenvalue weighted by atomic mass is 9.98. The van der Waals surface area contributed by atoms with Crippen molar-refractivity contribution in [2.24, 2.45) is 11.8 Å². The average Bonchev–Trinajstić information content (AvgIpc) is 3.26. The van der Waals surface area contributed by atoms with Crippen molar-refractivity contribution in [3.63, 3.8) is 0 Å². The maximum absolute atomic E-state index is 14.6. The smallest absolute Gasteiger partial charge is 0.407 e. The number of likely N-dealkylation sites (tertiary alicyclic amines) is 1. The Bertz CT molecular complexity index is 962. The number of hydrogen-bond donors (Lipinski definition) is 1. The molecule has 3 atom stereocenters. The minimum absolute atomic E-state index is 0.134. The first kappa shape index (κ1) is 21.7. The first-order valence-corrected chi connectivity index (χ1v) is 10.9. The van der Waals surface area contributed by atoms with Crippen LogP contribution in [0.2, 0.25) is 0 Å². The van der Waals surface area contributed by atoms with E-state index in [1.165, 1.54) is 6.20 Å². The van der Waals surface area contributed by atoms with Crippen LogP contribution in [-0.2, 0) is 11.2 Å². The van der Waals surface area contributed by atoms with Crippen LogP contribution in [0.1, 0.15) is 39.2 Å². The molecule has 7 nitrogen and oxygen atoms in total. The van der Waals surface area contributed by atoms with Gasteiger partial charge >= 0.3 is 6.09 Å². The van der Waals surface area contributed by atoms with Crippen LogP contribution in [0.4, 0.5) is 9.18 Å². The zero-order valence-corrected chi connectivity index (χ0v) is 18.7. The Hall–Kier alpha value is -2.48. The number of halogens is 1. The highest BCUT2D eigenvalue weighted by Crippen LogP contribution is 2.38. The molecule has 2 aromatic rings. The number of nitrogens with zero attached hydrogens (tertiary/aromatic N) is 3. The van der Waals surface area contributed by atoms with Crippen LogP contribution in [0.5, 0.6) is 5.88 Å². The summed E-state index contributed by atoms with van der Waals surface area (Å²) in [4.78, 5) is 23.1. The third kappa shape index (κ3) is 4.89. The molecule has 0 spiro atoms. The van der Waals surface area contributed by atoms with Crippen LogP contribution in [0.25, 0.3) is 11.0 Å². The highest BCUT2D eigenvalue weighted by molar-refractivity contribution is 5.78. The van der Waals surface area contributed by atoms with E-state index < -0.39 is 5.60 Å². The predicted octanol–water partition coefficient (Wildman–Crippen LogP) is 3.56. The van der Waals surface area contributed by atoms with E-state index in [0.717, 1.165) is 32.5 Å². The molecular formula is C23H31FN4O3. The van der Waals surface area contributed by atoms with Gasteiger partial charge < -0.3 is 19.7 Å². The summed E-state index contributed by atoms with van der Waals surface area (Å²) in [5.41, 5.74) is 1.29. The van der Waals surface area contributed by atoms with Crippen molar-refractivity contribution in [3.05, 3.63) is 29.7 Å². The van der Waals surface area contributed by atoms with Gasteiger partial charge in [0.15, 0.2) is 0 Å². The number of fused-ring (bicyclic) bond motifs is 2. The summed E-state index contributed by atoms with van der Waals surface area (Å²) >= 11 is 0. The Kier molecular flexibility index (Phi) is 6.01. The molecule has 3 heterocycles. The molecule has 3 unspecified atom stereocenters. The number of nitrogens with one attached hydrogen (secondary N) is 1. The lowest BCUT2D eigenvalue weighted by Gasteiger charge is -2.25. The summed E-state index contributed by atoms with van der Waals surface area (Å²) in [6.07, 6.45) is 3.55. The molecule has 1 saturated heterocycles. The predicted molar refractivity (Wildman–Crippen MR) is 116 cm³/mol. The average molecular weight is 431 g/mol. The van der Waals surface area contributed by atoms with Crippen molar-refractivity contribution >= 4 is 17.1 Å². The topological polar surface area (TPSA) is 76.6 Å². The summed E-state index contributed by atoms with van der Waals surface area (Å²) in [5.74, 6) is 1.08. The summed E-state index contributed by atoms with van der Waals surface area (Å²) in [7, 11) is 1.55. The fraction of sp³-hybridized carbons (Fsp3) is 0.609. The number of hydrogen-bond acceptors (Lipinski definition) is 6. The van der Waals surface area contributed by atoms with Crippen molar-refractivity contribution < 1.29 is 18.7 Å². The van der Waals surface area contributed by atoms with Gasteiger partial charge in [-0.15, -0.1) is 0 Å². The lowest BCUT2D eigenvalue weighted by molar-refractivity contribution is 0.0491. The molecule has 1 aliphatic heterocycles. The quantitative estimate of drug-likeness (QED) is 0.782. The molecule has 168 valence electrons. The molecule has 1 saturated carbocycles. The molecule has 1 amide bonds. The number of rotatable bonds is 5. The standard InChI is InChI=1S/C23H31FN4O3/c1-23(2,3)31-22(29)26-18-6-5-14-12-28(13-16(14)18)10-9-15-17(24)11-25-19-7-8-20(30-4)27-21(15)19/h7-8,11,14,16,18H,5-6,9-10,12-13H2,1-4H3,(H,26,29). The van der Waals surface area contributed by atoms with E-state index in [0.29, 0.717) is 40.7 Å². The number of amides is 1. The van der Waals surface area contributed by atoms with Crippen LogP contribution in [0.15, 0.2) is 18.3 Å². The number of ether oxygens (including phenoxy) is 2. The number of aromatic nitrogens is 2. The fourth-order valence-corrected chi connectivity index (χ4v) is 4.88. The summed E-state index contributed by atoms with van der Waals surface area (Å²) in [6, 6.07) is 3.67. The number of carbonyl (C=O) groups is 1. The van der Waals surface area contributed by atoms with E-state index in [1.54, 1.807) is 19.2 Å². The summed E-state index contributed by atoms with van der Waals surface area (Å²) < 4.78 is 25.2. The molecule has 0 aromatic carbocycles. The van der Waals surface area contributed by atoms with Gasteiger partial charge in [0.05, 0.1) is 24.3 Å². The van der Waals surface area contributed by atoms with Crippen LogP contribution in [0, 0.1) is 17.7 Å². The van der Waals surface area contributed by atoms with Crippen molar-refractivity contribution in [1.82, 2.24) is 20.2 Å². The Morgan fingerprint density at radius 3 is 2.84 bits per heavy atom. The Balaban J connectivity index is 1.39. The molecule has 31 heavy (non-hydrogen) atoms. The van der Waals surface area contributed by atoms with E-state index in [9.17, 15) is 9.18 Å².